The van der Waals surface area contributed by atoms with Gasteiger partial charge in [0.2, 0.25) is 0 Å². The fourth-order valence-electron chi connectivity index (χ4n) is 1.55. The van der Waals surface area contributed by atoms with Crippen LogP contribution in [0, 0.1) is 0 Å². The molecule has 0 atom stereocenters. The lowest BCUT2D eigenvalue weighted by Gasteiger charge is -2.19. The van der Waals surface area contributed by atoms with Crippen LogP contribution in [0.2, 0.25) is 0 Å². The first kappa shape index (κ1) is 18.1. The lowest BCUT2D eigenvalue weighted by Crippen LogP contribution is -2.32. The molecular weight excluding hydrogens is 407 g/mol. The summed E-state index contributed by atoms with van der Waals surface area (Å²) in [4.78, 5) is 23.6. The smallest absolute Gasteiger partial charge is 0.407 e. The van der Waals surface area contributed by atoms with Crippen molar-refractivity contribution in [2.24, 2.45) is 0 Å². The van der Waals surface area contributed by atoms with Crippen LogP contribution in [0.5, 0.6) is 0 Å². The van der Waals surface area contributed by atoms with Crippen molar-refractivity contribution in [2.75, 3.05) is 6.61 Å². The Morgan fingerprint density at radius 1 is 1.43 bits per heavy atom. The third-order valence-electron chi connectivity index (χ3n) is 2.30. The van der Waals surface area contributed by atoms with Gasteiger partial charge in [0.25, 0.3) is 0 Å². The number of amides is 1. The van der Waals surface area contributed by atoms with Crippen LogP contribution in [0.3, 0.4) is 0 Å². The largest absolute Gasteiger partial charge is 0.461 e. The Labute approximate surface area is 140 Å². The van der Waals surface area contributed by atoms with E-state index in [1.54, 1.807) is 43.9 Å². The Hall–Kier alpha value is -0.900. The van der Waals surface area contributed by atoms with Crippen molar-refractivity contribution < 1.29 is 19.1 Å². The third kappa shape index (κ3) is 5.77. The van der Waals surface area contributed by atoms with Gasteiger partial charge in [0, 0.05) is 48.6 Å². The molecule has 0 saturated carbocycles. The van der Waals surface area contributed by atoms with Crippen LogP contribution in [-0.4, -0.2) is 28.2 Å². The van der Waals surface area contributed by atoms with Crippen LogP contribution in [0.4, 0.5) is 4.79 Å². The van der Waals surface area contributed by atoms with E-state index in [0.717, 1.165) is 0 Å². The van der Waals surface area contributed by atoms with Gasteiger partial charge < -0.3 is 14.8 Å². The molecule has 1 rings (SSSR count). The zero-order valence-electron chi connectivity index (χ0n) is 12.4. The van der Waals surface area contributed by atoms with Gasteiger partial charge in [0.1, 0.15) is 11.3 Å². The van der Waals surface area contributed by atoms with Gasteiger partial charge >= 0.3 is 12.1 Å². The Morgan fingerprint density at radius 3 is 2.62 bits per heavy atom. The summed E-state index contributed by atoms with van der Waals surface area (Å²) >= 11 is 2.07. The first-order valence-corrected chi connectivity index (χ1v) is 9.73. The van der Waals surface area contributed by atoms with Gasteiger partial charge in [0.05, 0.1) is 6.61 Å². The highest BCUT2D eigenvalue weighted by atomic mass is 127. The van der Waals surface area contributed by atoms with E-state index >= 15 is 0 Å². The number of hydrogen-bond donors (Lipinski definition) is 1. The van der Waals surface area contributed by atoms with Crippen LogP contribution >= 0.6 is 30.3 Å². The fourth-order valence-corrected chi connectivity index (χ4v) is 2.91. The summed E-state index contributed by atoms with van der Waals surface area (Å²) in [6, 6.07) is 1.77. The van der Waals surface area contributed by atoms with E-state index in [1.807, 2.05) is 0 Å². The van der Waals surface area contributed by atoms with E-state index in [-0.39, 0.29) is 6.54 Å². The molecule has 1 heterocycles. The molecule has 0 unspecified atom stereocenters. The predicted molar refractivity (Wildman–Crippen MR) is 90.5 cm³/mol. The number of carbonyl (C=O) groups is 2. The number of alkyl carbamates (subject to hydrolysis) is 1. The van der Waals surface area contributed by atoms with Crippen molar-refractivity contribution in [3.63, 3.8) is 0 Å². The van der Waals surface area contributed by atoms with Gasteiger partial charge in [-0.05, 0) is 33.8 Å². The molecule has 0 bridgehead atoms. The first-order valence-electron chi connectivity index (χ1n) is 6.41. The van der Waals surface area contributed by atoms with Crippen LogP contribution in [0.1, 0.15) is 43.7 Å². The molecule has 1 N–H and O–H groups in total. The van der Waals surface area contributed by atoms with Gasteiger partial charge in [-0.2, -0.15) is 0 Å². The van der Waals surface area contributed by atoms with Crippen LogP contribution in [0.25, 0.3) is 0 Å². The molecule has 0 aliphatic heterocycles. The maximum absolute atomic E-state index is 12.0. The van der Waals surface area contributed by atoms with Crippen LogP contribution in [-0.2, 0) is 16.0 Å². The minimum Gasteiger partial charge on any atom is -0.461 e. The number of rotatable bonds is 5. The third-order valence-corrected chi connectivity index (χ3v) is 4.03. The zero-order valence-corrected chi connectivity index (χ0v) is 15.4. The average Bonchev–Trinajstić information content (AvgIpc) is 2.77. The summed E-state index contributed by atoms with van der Waals surface area (Å²) in [5.74, 6) is -0.410. The van der Waals surface area contributed by atoms with Crippen molar-refractivity contribution in [3.8, 4) is 0 Å². The van der Waals surface area contributed by atoms with E-state index in [1.165, 1.54) is 9.12 Å². The molecule has 0 spiro atoms. The number of nitrogens with one attached hydrogen (secondary N) is 1. The van der Waals surface area contributed by atoms with Gasteiger partial charge in [-0.15, -0.1) is 0 Å². The normalized spacial score (nSPS) is 11.1. The number of carbonyl (C=O) groups excluding carboxylic acids is 2. The molecule has 0 aromatic carbocycles. The molecule has 0 aliphatic rings. The average molecular weight is 426 g/mol. The maximum Gasteiger partial charge on any atom is 0.407 e. The summed E-state index contributed by atoms with van der Waals surface area (Å²) in [5.41, 5.74) is 0.550. The quantitative estimate of drug-likeness (QED) is 0.576. The van der Waals surface area contributed by atoms with E-state index in [2.05, 4.69) is 26.5 Å². The summed E-state index contributed by atoms with van der Waals surface area (Å²) < 4.78 is 11.9. The molecule has 1 amide bonds. The SMILES string of the molecule is CCOC(=O)c1c(CNC(=O)OC(C)(C)C)ccn1SI. The molecule has 1 aromatic heterocycles. The Kier molecular flexibility index (Phi) is 6.85. The van der Waals surface area contributed by atoms with Crippen LogP contribution < -0.4 is 5.32 Å². The minimum atomic E-state index is -0.557. The molecular formula is C13H19IN2O4S. The number of aromatic nitrogens is 1. The highest BCUT2D eigenvalue weighted by Gasteiger charge is 2.20. The van der Waals surface area contributed by atoms with Gasteiger partial charge in [-0.3, -0.25) is 3.97 Å². The molecule has 8 heteroatoms. The number of esters is 1. The highest BCUT2D eigenvalue weighted by Crippen LogP contribution is 2.23. The predicted octanol–water partition coefficient (Wildman–Crippen LogP) is 3.54. The molecule has 21 heavy (non-hydrogen) atoms. The second-order valence-corrected chi connectivity index (χ2v) is 6.87. The summed E-state index contributed by atoms with van der Waals surface area (Å²) in [5, 5.41) is 2.64. The molecule has 0 saturated heterocycles. The van der Waals surface area contributed by atoms with Gasteiger partial charge in [-0.25, -0.2) is 9.59 Å². The fraction of sp³-hybridized carbons (Fsp3) is 0.538. The lowest BCUT2D eigenvalue weighted by atomic mass is 10.2. The topological polar surface area (TPSA) is 69.6 Å². The molecule has 118 valence electrons. The molecule has 0 fully saturated rings. The maximum atomic E-state index is 12.0. The van der Waals surface area contributed by atoms with Gasteiger partial charge in [-0.1, -0.05) is 0 Å². The van der Waals surface area contributed by atoms with E-state index < -0.39 is 17.7 Å². The number of hydrogen-bond acceptors (Lipinski definition) is 5. The number of ether oxygens (including phenoxy) is 2. The summed E-state index contributed by atoms with van der Waals surface area (Å²) in [7, 11) is 1.36. The Bertz CT molecular complexity index is 511. The monoisotopic (exact) mass is 426 g/mol. The Morgan fingerprint density at radius 2 is 2.10 bits per heavy atom. The minimum absolute atomic E-state index is 0.202. The molecule has 0 radical (unpaired) electrons. The summed E-state index contributed by atoms with van der Waals surface area (Å²) in [6.45, 7) is 7.63. The van der Waals surface area contributed by atoms with E-state index in [0.29, 0.717) is 17.9 Å². The number of nitrogens with zero attached hydrogens (tertiary/aromatic N) is 1. The second kappa shape index (κ2) is 7.92. The highest BCUT2D eigenvalue weighted by molar-refractivity contribution is 14.2. The van der Waals surface area contributed by atoms with Crippen molar-refractivity contribution in [3.05, 3.63) is 23.5 Å². The van der Waals surface area contributed by atoms with E-state index in [9.17, 15) is 9.59 Å². The molecule has 0 aliphatic carbocycles. The zero-order chi connectivity index (χ0) is 16.0. The standard InChI is InChI=1S/C13H19IN2O4S/c1-5-19-11(17)10-9(6-7-16(10)21-14)8-15-12(18)20-13(2,3)4/h6-7H,5,8H2,1-4H3,(H,15,18). The number of halogens is 1. The van der Waals surface area contributed by atoms with E-state index in [4.69, 9.17) is 9.47 Å². The lowest BCUT2D eigenvalue weighted by molar-refractivity contribution is 0.0498. The first-order chi connectivity index (χ1) is 9.78. The van der Waals surface area contributed by atoms with Crippen LogP contribution in [0.15, 0.2) is 12.3 Å². The molecule has 1 aromatic rings. The Balaban J connectivity index is 2.77. The van der Waals surface area contributed by atoms with Crippen molar-refractivity contribution in [2.45, 2.75) is 39.8 Å². The van der Waals surface area contributed by atoms with Crippen molar-refractivity contribution in [1.29, 1.82) is 0 Å². The van der Waals surface area contributed by atoms with Crippen molar-refractivity contribution in [1.82, 2.24) is 9.29 Å². The van der Waals surface area contributed by atoms with Gasteiger partial charge in [0.15, 0.2) is 0 Å². The van der Waals surface area contributed by atoms with Crippen molar-refractivity contribution >= 4 is 42.4 Å². The summed E-state index contributed by atoms with van der Waals surface area (Å²) in [6.07, 6.45) is 1.24. The second-order valence-electron chi connectivity index (χ2n) is 5.16. The molecule has 6 nitrogen and oxygen atoms in total.